The molecule has 0 radical (unpaired) electrons. The molecule has 0 unspecified atom stereocenters. The fraction of sp³-hybridized carbons (Fsp3) is 0. The summed E-state index contributed by atoms with van der Waals surface area (Å²) in [6.07, 6.45) is 0. The topological polar surface area (TPSA) is 0 Å². The zero-order chi connectivity index (χ0) is 30.5. The summed E-state index contributed by atoms with van der Waals surface area (Å²) in [6, 6.07) is 66.5. The zero-order valence-corrected chi connectivity index (χ0v) is 25.3. The minimum atomic E-state index is 1.20. The molecule has 0 spiro atoms. The molecule has 1 aliphatic rings. The molecule has 0 heteroatoms. The number of rotatable bonds is 5. The normalized spacial score (nSPS) is 11.5. The molecular formula is C46H30. The molecule has 0 N–H and O–H groups in total. The molecule has 214 valence electrons. The summed E-state index contributed by atoms with van der Waals surface area (Å²) in [5, 5.41) is 2.65. The second-order valence-corrected chi connectivity index (χ2v) is 12.1. The van der Waals surface area contributed by atoms with E-state index in [1.165, 1.54) is 88.7 Å². The minimum absolute atomic E-state index is 1.20. The number of hydrogen-bond donors (Lipinski definition) is 0. The smallest absolute Gasteiger partial charge is 0.00201 e. The van der Waals surface area contributed by atoms with Gasteiger partial charge in [0.05, 0.1) is 0 Å². The Labute approximate surface area is 269 Å². The highest BCUT2D eigenvalue weighted by atomic mass is 14.3. The van der Waals surface area contributed by atoms with Crippen molar-refractivity contribution >= 4 is 10.8 Å². The standard InChI is InChI=1S/C46H30/c1-4-13-31(14-5-1)35-27-36(34-23-24-38(32-15-6-2-7-16-32)45(30-34)33-17-8-3-9-18-33)29-37(28-35)39-25-26-44-41-20-11-10-19-40(41)43-22-12-21-42(39)46(43)44/h1-30H. The minimum Gasteiger partial charge on any atom is -0.0622 e. The second-order valence-electron chi connectivity index (χ2n) is 12.1. The second kappa shape index (κ2) is 10.9. The van der Waals surface area contributed by atoms with Gasteiger partial charge in [0.15, 0.2) is 0 Å². The van der Waals surface area contributed by atoms with E-state index in [9.17, 15) is 0 Å². The van der Waals surface area contributed by atoms with Crippen molar-refractivity contribution in [2.45, 2.75) is 0 Å². The van der Waals surface area contributed by atoms with Gasteiger partial charge in [-0.15, -0.1) is 0 Å². The average molecular weight is 583 g/mol. The van der Waals surface area contributed by atoms with Crippen molar-refractivity contribution in [3.63, 3.8) is 0 Å². The summed E-state index contributed by atoms with van der Waals surface area (Å²) in [5.74, 6) is 0. The zero-order valence-electron chi connectivity index (χ0n) is 25.3. The maximum absolute atomic E-state index is 2.38. The van der Waals surface area contributed by atoms with Crippen LogP contribution in [0.3, 0.4) is 0 Å². The van der Waals surface area contributed by atoms with E-state index in [1.807, 2.05) is 0 Å². The lowest BCUT2D eigenvalue weighted by Crippen LogP contribution is -1.90. The van der Waals surface area contributed by atoms with Gasteiger partial charge >= 0.3 is 0 Å². The van der Waals surface area contributed by atoms with Gasteiger partial charge in [-0.05, 0) is 113 Å². The van der Waals surface area contributed by atoms with Gasteiger partial charge in [-0.2, -0.15) is 0 Å². The molecule has 0 bridgehead atoms. The summed E-state index contributed by atoms with van der Waals surface area (Å²) in [4.78, 5) is 0. The van der Waals surface area contributed by atoms with Gasteiger partial charge in [0.1, 0.15) is 0 Å². The van der Waals surface area contributed by atoms with Crippen LogP contribution in [0, 0.1) is 0 Å². The van der Waals surface area contributed by atoms with Crippen molar-refractivity contribution < 1.29 is 0 Å². The van der Waals surface area contributed by atoms with Crippen LogP contribution in [0.15, 0.2) is 182 Å². The van der Waals surface area contributed by atoms with Crippen LogP contribution < -0.4 is 0 Å². The van der Waals surface area contributed by atoms with Gasteiger partial charge in [-0.25, -0.2) is 0 Å². The van der Waals surface area contributed by atoms with Crippen molar-refractivity contribution in [2.24, 2.45) is 0 Å². The van der Waals surface area contributed by atoms with E-state index < -0.39 is 0 Å². The Morgan fingerprint density at radius 3 is 1.35 bits per heavy atom. The van der Waals surface area contributed by atoms with E-state index in [1.54, 1.807) is 0 Å². The van der Waals surface area contributed by atoms with Gasteiger partial charge in [0.2, 0.25) is 0 Å². The SMILES string of the molecule is c1ccc(-c2cc(-c3ccc(-c4ccccc4)c(-c4ccccc4)c3)cc(-c3ccc4c5c(cccc35)-c3ccccc3-4)c2)cc1. The van der Waals surface area contributed by atoms with E-state index >= 15 is 0 Å². The first kappa shape index (κ1) is 26.4. The third kappa shape index (κ3) is 4.38. The van der Waals surface area contributed by atoms with E-state index in [0.717, 1.165) is 0 Å². The lowest BCUT2D eigenvalue weighted by Gasteiger charge is -2.16. The van der Waals surface area contributed by atoms with Gasteiger partial charge in [0, 0.05) is 0 Å². The Balaban J connectivity index is 1.27. The third-order valence-corrected chi connectivity index (χ3v) is 9.42. The predicted octanol–water partition coefficient (Wildman–Crippen LogP) is 12.8. The van der Waals surface area contributed by atoms with Crippen LogP contribution >= 0.6 is 0 Å². The van der Waals surface area contributed by atoms with Crippen LogP contribution in [0.1, 0.15) is 0 Å². The highest BCUT2D eigenvalue weighted by Crippen LogP contribution is 2.49. The third-order valence-electron chi connectivity index (χ3n) is 9.42. The molecular weight excluding hydrogens is 553 g/mol. The predicted molar refractivity (Wildman–Crippen MR) is 196 cm³/mol. The Hall–Kier alpha value is -5.98. The van der Waals surface area contributed by atoms with Gasteiger partial charge in [-0.3, -0.25) is 0 Å². The van der Waals surface area contributed by atoms with Crippen molar-refractivity contribution in [3.8, 4) is 77.9 Å². The molecule has 0 aromatic heterocycles. The molecule has 1 aliphatic carbocycles. The summed E-state index contributed by atoms with van der Waals surface area (Å²) in [6.45, 7) is 0. The molecule has 0 fully saturated rings. The van der Waals surface area contributed by atoms with Gasteiger partial charge < -0.3 is 0 Å². The van der Waals surface area contributed by atoms with Crippen LogP contribution in [0.2, 0.25) is 0 Å². The molecule has 46 heavy (non-hydrogen) atoms. The molecule has 9 rings (SSSR count). The average Bonchev–Trinajstić information content (AvgIpc) is 3.47. The summed E-state index contributed by atoms with van der Waals surface area (Å²) < 4.78 is 0. The number of benzene rings is 8. The van der Waals surface area contributed by atoms with Crippen molar-refractivity contribution in [1.82, 2.24) is 0 Å². The van der Waals surface area contributed by atoms with Crippen LogP contribution in [0.25, 0.3) is 88.7 Å². The summed E-state index contributed by atoms with van der Waals surface area (Å²) >= 11 is 0. The van der Waals surface area contributed by atoms with E-state index in [2.05, 4.69) is 182 Å². The van der Waals surface area contributed by atoms with Crippen molar-refractivity contribution in [2.75, 3.05) is 0 Å². The molecule has 0 atom stereocenters. The van der Waals surface area contributed by atoms with E-state index in [4.69, 9.17) is 0 Å². The molecule has 8 aromatic rings. The Morgan fingerprint density at radius 1 is 0.196 bits per heavy atom. The van der Waals surface area contributed by atoms with Crippen molar-refractivity contribution in [3.05, 3.63) is 182 Å². The molecule has 8 aromatic carbocycles. The number of fused-ring (bicyclic) bond motifs is 3. The fourth-order valence-electron chi connectivity index (χ4n) is 7.26. The highest BCUT2D eigenvalue weighted by molar-refractivity contribution is 6.18. The molecule has 0 saturated carbocycles. The first-order valence-electron chi connectivity index (χ1n) is 15.9. The summed E-state index contributed by atoms with van der Waals surface area (Å²) in [7, 11) is 0. The molecule has 0 nitrogen and oxygen atoms in total. The first-order chi connectivity index (χ1) is 22.8. The van der Waals surface area contributed by atoms with Crippen LogP contribution in [0.4, 0.5) is 0 Å². The van der Waals surface area contributed by atoms with Crippen LogP contribution in [-0.4, -0.2) is 0 Å². The Morgan fingerprint density at radius 2 is 0.674 bits per heavy atom. The molecule has 0 amide bonds. The quantitative estimate of drug-likeness (QED) is 0.189. The molecule has 0 heterocycles. The number of hydrogen-bond acceptors (Lipinski definition) is 0. The largest absolute Gasteiger partial charge is 0.0622 e. The highest BCUT2D eigenvalue weighted by Gasteiger charge is 2.22. The van der Waals surface area contributed by atoms with Crippen molar-refractivity contribution in [1.29, 1.82) is 0 Å². The van der Waals surface area contributed by atoms with Gasteiger partial charge in [-0.1, -0.05) is 158 Å². The summed E-state index contributed by atoms with van der Waals surface area (Å²) in [5.41, 5.74) is 17.5. The Kier molecular flexibility index (Phi) is 6.25. The lowest BCUT2D eigenvalue weighted by atomic mass is 9.88. The van der Waals surface area contributed by atoms with E-state index in [-0.39, 0.29) is 0 Å². The maximum Gasteiger partial charge on any atom is -0.00201 e. The maximum atomic E-state index is 2.38. The fourth-order valence-corrected chi connectivity index (χ4v) is 7.26. The monoisotopic (exact) mass is 582 g/mol. The van der Waals surface area contributed by atoms with Crippen LogP contribution in [-0.2, 0) is 0 Å². The first-order valence-corrected chi connectivity index (χ1v) is 15.9. The van der Waals surface area contributed by atoms with Crippen LogP contribution in [0.5, 0.6) is 0 Å². The molecule has 0 aliphatic heterocycles. The van der Waals surface area contributed by atoms with Gasteiger partial charge in [0.25, 0.3) is 0 Å². The lowest BCUT2D eigenvalue weighted by molar-refractivity contribution is 1.55. The molecule has 0 saturated heterocycles. The Bertz CT molecular complexity index is 2350. The van der Waals surface area contributed by atoms with E-state index in [0.29, 0.717) is 0 Å².